The fourth-order valence-corrected chi connectivity index (χ4v) is 2.70. The topological polar surface area (TPSA) is 78.9 Å². The Kier molecular flexibility index (Phi) is 9.42. The molecule has 0 fully saturated rings. The Balaban J connectivity index is 0.00000300. The number of carbonyl (C=O) groups is 1. The number of nitrogens with zero attached hydrogens (tertiary/aromatic N) is 2. The van der Waals surface area contributed by atoms with Crippen molar-refractivity contribution in [3.05, 3.63) is 89.1 Å². The van der Waals surface area contributed by atoms with Crippen LogP contribution in [0.15, 0.2) is 61.2 Å². The smallest absolute Gasteiger partial charge is 0.560 e. The number of anilines is 2. The van der Waals surface area contributed by atoms with Gasteiger partial charge in [0.05, 0.1) is 10.6 Å². The number of benzene rings is 1. The molecule has 0 radical (unpaired) electrons. The zero-order valence-electron chi connectivity index (χ0n) is 16.5. The van der Waals surface area contributed by atoms with Crippen molar-refractivity contribution in [1.82, 2.24) is 15.3 Å². The number of hydrogen-bond donors (Lipinski definition) is 3. The third kappa shape index (κ3) is 7.29. The molecule has 0 aliphatic rings. The van der Waals surface area contributed by atoms with Gasteiger partial charge in [-0.3, -0.25) is 9.78 Å². The standard InChI is InChI=1S/C21H20ClN5O.K/c1-14-8-20(26-11-14)25-7-6-24-15(2)16-4-3-5-19(10-16)27-21(28)17-9-18(22)13-23-12-17;/h3-5,7-13,15,24H,1-2H3,(H,25,26)(H,27,28);/q-2;+1. The predicted octanol–water partition coefficient (Wildman–Crippen LogP) is 1.45. The SMILES string of the molecule is Cc1cnc(NC=[C-]NC(C)c2cccc(NC(=O)c3cncc(Cl)c3)c2)[cH-]1.[K+]. The Morgan fingerprint density at radius 3 is 2.83 bits per heavy atom. The zero-order chi connectivity index (χ0) is 19.9. The summed E-state index contributed by atoms with van der Waals surface area (Å²) in [5, 5.41) is 9.49. The third-order valence-corrected chi connectivity index (χ3v) is 4.18. The zero-order valence-corrected chi connectivity index (χ0v) is 20.4. The molecule has 1 amide bonds. The molecule has 1 unspecified atom stereocenters. The fraction of sp³-hybridized carbons (Fsp3) is 0.143. The molecule has 0 saturated heterocycles. The quantitative estimate of drug-likeness (QED) is 0.299. The van der Waals surface area contributed by atoms with E-state index in [0.717, 1.165) is 16.9 Å². The Bertz CT molecular complexity index is 988. The van der Waals surface area contributed by atoms with Gasteiger partial charge in [-0.15, -0.1) is 6.20 Å². The summed E-state index contributed by atoms with van der Waals surface area (Å²) >= 11 is 5.89. The van der Waals surface area contributed by atoms with E-state index in [4.69, 9.17) is 11.6 Å². The maximum atomic E-state index is 12.3. The normalized spacial score (nSPS) is 11.6. The third-order valence-electron chi connectivity index (χ3n) is 3.98. The summed E-state index contributed by atoms with van der Waals surface area (Å²) in [4.78, 5) is 20.5. The minimum atomic E-state index is -0.263. The molecule has 3 aromatic rings. The van der Waals surface area contributed by atoms with Crippen LogP contribution in [0.3, 0.4) is 0 Å². The van der Waals surface area contributed by atoms with Gasteiger partial charge < -0.3 is 27.1 Å². The molecular weight excluding hydrogens is 413 g/mol. The summed E-state index contributed by atoms with van der Waals surface area (Å²) in [6.45, 7) is 3.99. The molecule has 0 bridgehead atoms. The van der Waals surface area contributed by atoms with Gasteiger partial charge in [0.25, 0.3) is 5.91 Å². The van der Waals surface area contributed by atoms with Crippen LogP contribution in [0.2, 0.25) is 5.02 Å². The van der Waals surface area contributed by atoms with E-state index >= 15 is 0 Å². The number of amides is 1. The van der Waals surface area contributed by atoms with Gasteiger partial charge in [-0.1, -0.05) is 30.7 Å². The molecule has 2 aromatic heterocycles. The number of aryl methyl sites for hydroxylation is 1. The van der Waals surface area contributed by atoms with Crippen molar-refractivity contribution in [3.63, 3.8) is 0 Å². The molecule has 1 atom stereocenters. The van der Waals surface area contributed by atoms with Crippen LogP contribution in [0.5, 0.6) is 0 Å². The van der Waals surface area contributed by atoms with E-state index in [1.165, 1.54) is 12.4 Å². The first kappa shape index (κ1) is 23.7. The minimum Gasteiger partial charge on any atom is -0.560 e. The van der Waals surface area contributed by atoms with Crippen LogP contribution in [0.25, 0.3) is 0 Å². The Morgan fingerprint density at radius 1 is 1.28 bits per heavy atom. The summed E-state index contributed by atoms with van der Waals surface area (Å²) in [5.74, 6) is 0.514. The maximum absolute atomic E-state index is 12.3. The van der Waals surface area contributed by atoms with Crippen LogP contribution < -0.4 is 67.3 Å². The molecule has 0 spiro atoms. The van der Waals surface area contributed by atoms with E-state index in [2.05, 4.69) is 32.1 Å². The van der Waals surface area contributed by atoms with E-state index in [1.807, 2.05) is 44.2 Å². The second-order valence-electron chi connectivity index (χ2n) is 6.30. The first-order chi connectivity index (χ1) is 13.5. The first-order valence-electron chi connectivity index (χ1n) is 8.72. The number of pyridine rings is 1. The van der Waals surface area contributed by atoms with Crippen molar-refractivity contribution in [2.45, 2.75) is 19.9 Å². The molecule has 8 heteroatoms. The number of aromatic nitrogens is 2. The van der Waals surface area contributed by atoms with Gasteiger partial charge in [-0.25, -0.2) is 0 Å². The van der Waals surface area contributed by atoms with Crippen LogP contribution in [0.4, 0.5) is 11.5 Å². The molecule has 0 aliphatic carbocycles. The van der Waals surface area contributed by atoms with Crippen molar-refractivity contribution >= 4 is 29.0 Å². The molecule has 144 valence electrons. The van der Waals surface area contributed by atoms with Gasteiger partial charge in [0.1, 0.15) is 0 Å². The molecule has 2 heterocycles. The molecule has 3 N–H and O–H groups in total. The Morgan fingerprint density at radius 2 is 2.10 bits per heavy atom. The molecule has 29 heavy (non-hydrogen) atoms. The van der Waals surface area contributed by atoms with Gasteiger partial charge in [0.2, 0.25) is 0 Å². The Labute approximate surface area is 218 Å². The average Bonchev–Trinajstić information content (AvgIpc) is 3.10. The van der Waals surface area contributed by atoms with E-state index in [0.29, 0.717) is 16.3 Å². The summed E-state index contributed by atoms with van der Waals surface area (Å²) in [6.07, 6.45) is 9.43. The molecule has 0 saturated carbocycles. The largest absolute Gasteiger partial charge is 1.00 e. The van der Waals surface area contributed by atoms with E-state index in [1.54, 1.807) is 18.5 Å². The number of hydrogen-bond acceptors (Lipinski definition) is 5. The van der Waals surface area contributed by atoms with Crippen LogP contribution in [-0.4, -0.2) is 15.9 Å². The van der Waals surface area contributed by atoms with Gasteiger partial charge in [-0.2, -0.15) is 17.8 Å². The molecule has 0 aliphatic heterocycles. The summed E-state index contributed by atoms with van der Waals surface area (Å²) in [5.41, 5.74) is 3.20. The molecule has 1 aromatic carbocycles. The van der Waals surface area contributed by atoms with E-state index in [9.17, 15) is 4.79 Å². The van der Waals surface area contributed by atoms with Crippen molar-refractivity contribution < 1.29 is 56.2 Å². The molecular formula is C21H20ClKN5O-. The van der Waals surface area contributed by atoms with Gasteiger partial charge in [0, 0.05) is 29.9 Å². The van der Waals surface area contributed by atoms with Gasteiger partial charge >= 0.3 is 51.4 Å². The molecule has 6 nitrogen and oxygen atoms in total. The fourth-order valence-electron chi connectivity index (χ4n) is 2.53. The van der Waals surface area contributed by atoms with Gasteiger partial charge in [0.15, 0.2) is 0 Å². The van der Waals surface area contributed by atoms with Crippen LogP contribution in [-0.2, 0) is 0 Å². The summed E-state index contributed by atoms with van der Waals surface area (Å²) in [7, 11) is 0. The van der Waals surface area contributed by atoms with Crippen molar-refractivity contribution in [1.29, 1.82) is 0 Å². The predicted molar refractivity (Wildman–Crippen MR) is 111 cm³/mol. The van der Waals surface area contributed by atoms with E-state index < -0.39 is 0 Å². The number of nitrogens with one attached hydrogen (secondary N) is 3. The number of rotatable bonds is 7. The monoisotopic (exact) mass is 432 g/mol. The second kappa shape index (κ2) is 11.5. The number of carbonyl (C=O) groups excluding carboxylic acids is 1. The maximum Gasteiger partial charge on any atom is 1.00 e. The van der Waals surface area contributed by atoms with Crippen LogP contribution >= 0.6 is 11.6 Å². The van der Waals surface area contributed by atoms with Crippen LogP contribution in [0.1, 0.15) is 34.5 Å². The Hall–Kier alpha value is -1.61. The first-order valence-corrected chi connectivity index (χ1v) is 9.09. The summed E-state index contributed by atoms with van der Waals surface area (Å²) in [6, 6.07) is 11.1. The van der Waals surface area contributed by atoms with Crippen molar-refractivity contribution in [2.75, 3.05) is 10.6 Å². The summed E-state index contributed by atoms with van der Waals surface area (Å²) < 4.78 is 0. The number of halogens is 1. The second-order valence-corrected chi connectivity index (χ2v) is 6.74. The van der Waals surface area contributed by atoms with E-state index in [-0.39, 0.29) is 63.3 Å². The van der Waals surface area contributed by atoms with Crippen molar-refractivity contribution in [3.8, 4) is 0 Å². The molecule has 3 rings (SSSR count). The van der Waals surface area contributed by atoms with Crippen molar-refractivity contribution in [2.24, 2.45) is 0 Å². The van der Waals surface area contributed by atoms with Crippen LogP contribution in [0, 0.1) is 13.1 Å². The average molecular weight is 433 g/mol. The minimum absolute atomic E-state index is 0. The van der Waals surface area contributed by atoms with Gasteiger partial charge in [-0.05, 0) is 30.7 Å².